The van der Waals surface area contributed by atoms with Gasteiger partial charge in [0.05, 0.1) is 6.10 Å². The fourth-order valence-corrected chi connectivity index (χ4v) is 5.95. The molecule has 4 atom stereocenters. The molecule has 0 bridgehead atoms. The van der Waals surface area contributed by atoms with Crippen LogP contribution in [0.15, 0.2) is 23.3 Å². The highest BCUT2D eigenvalue weighted by atomic mass is 16.3. The second-order valence-corrected chi connectivity index (χ2v) is 9.08. The quantitative estimate of drug-likeness (QED) is 0.620. The van der Waals surface area contributed by atoms with Crippen LogP contribution in [0.2, 0.25) is 0 Å². The van der Waals surface area contributed by atoms with E-state index in [1.807, 2.05) is 0 Å². The molecule has 2 heteroatoms. The molecule has 0 heterocycles. The van der Waals surface area contributed by atoms with Crippen molar-refractivity contribution in [3.63, 3.8) is 0 Å². The molecule has 0 saturated heterocycles. The molecule has 0 amide bonds. The lowest BCUT2D eigenvalue weighted by Crippen LogP contribution is -2.33. The number of unbranched alkanes of at least 4 members (excludes halogenated alkanes) is 2. The maximum Gasteiger partial charge on any atom is 0.0577 e. The SMILES string of the molecule is C[C@]12CCC/C(=C\C=C3\CCC[C@H](O)C3)C1CCC2CCCCCO. The third kappa shape index (κ3) is 4.57. The third-order valence-corrected chi connectivity index (χ3v) is 7.44. The van der Waals surface area contributed by atoms with Gasteiger partial charge in [0.2, 0.25) is 0 Å². The topological polar surface area (TPSA) is 40.5 Å². The largest absolute Gasteiger partial charge is 0.396 e. The van der Waals surface area contributed by atoms with Crippen molar-refractivity contribution in [3.05, 3.63) is 23.3 Å². The van der Waals surface area contributed by atoms with Gasteiger partial charge in [-0.1, -0.05) is 43.1 Å². The number of rotatable bonds is 6. The molecule has 0 aromatic rings. The zero-order valence-corrected chi connectivity index (χ0v) is 16.2. The van der Waals surface area contributed by atoms with Gasteiger partial charge in [0.1, 0.15) is 0 Å². The second kappa shape index (κ2) is 8.86. The summed E-state index contributed by atoms with van der Waals surface area (Å²) in [6.07, 6.45) is 20.5. The standard InChI is InChI=1S/C23H38O2/c1-23-15-6-8-19(12-11-18-7-5-10-21(25)17-18)22(23)14-13-20(23)9-3-2-4-16-24/h11-12,20-22,24-25H,2-10,13-17H2,1H3/b18-11-,19-12+/t20?,21-,22?,23+/m0/s1. The molecule has 2 nitrogen and oxygen atoms in total. The number of aliphatic hydroxyl groups excluding tert-OH is 2. The summed E-state index contributed by atoms with van der Waals surface area (Å²) in [4.78, 5) is 0. The summed E-state index contributed by atoms with van der Waals surface area (Å²) in [6, 6.07) is 0. The van der Waals surface area contributed by atoms with E-state index in [-0.39, 0.29) is 6.10 Å². The summed E-state index contributed by atoms with van der Waals surface area (Å²) in [5, 5.41) is 18.9. The predicted molar refractivity (Wildman–Crippen MR) is 104 cm³/mol. The average Bonchev–Trinajstić information content (AvgIpc) is 2.94. The van der Waals surface area contributed by atoms with Crippen LogP contribution >= 0.6 is 0 Å². The second-order valence-electron chi connectivity index (χ2n) is 9.08. The molecule has 142 valence electrons. The van der Waals surface area contributed by atoms with Crippen molar-refractivity contribution >= 4 is 0 Å². The smallest absolute Gasteiger partial charge is 0.0577 e. The molecule has 3 aliphatic rings. The molecule has 0 radical (unpaired) electrons. The van der Waals surface area contributed by atoms with E-state index in [2.05, 4.69) is 19.1 Å². The highest BCUT2D eigenvalue weighted by Crippen LogP contribution is 2.58. The monoisotopic (exact) mass is 346 g/mol. The van der Waals surface area contributed by atoms with E-state index in [1.54, 1.807) is 5.57 Å². The third-order valence-electron chi connectivity index (χ3n) is 7.44. The highest BCUT2D eigenvalue weighted by Gasteiger charge is 2.48. The molecule has 25 heavy (non-hydrogen) atoms. The van der Waals surface area contributed by atoms with E-state index in [4.69, 9.17) is 5.11 Å². The highest BCUT2D eigenvalue weighted by molar-refractivity contribution is 5.25. The fourth-order valence-electron chi connectivity index (χ4n) is 5.95. The summed E-state index contributed by atoms with van der Waals surface area (Å²) in [5.41, 5.74) is 3.66. The van der Waals surface area contributed by atoms with Crippen molar-refractivity contribution in [1.82, 2.24) is 0 Å². The van der Waals surface area contributed by atoms with Crippen LogP contribution in [-0.4, -0.2) is 22.9 Å². The van der Waals surface area contributed by atoms with Crippen LogP contribution in [0.25, 0.3) is 0 Å². The number of fused-ring (bicyclic) bond motifs is 1. The van der Waals surface area contributed by atoms with Gasteiger partial charge in [0, 0.05) is 6.61 Å². The van der Waals surface area contributed by atoms with E-state index in [0.29, 0.717) is 12.0 Å². The molecule has 2 unspecified atom stereocenters. The lowest BCUT2D eigenvalue weighted by molar-refractivity contribution is 0.126. The Morgan fingerprint density at radius 2 is 1.92 bits per heavy atom. The Kier molecular flexibility index (Phi) is 6.79. The van der Waals surface area contributed by atoms with E-state index < -0.39 is 0 Å². The van der Waals surface area contributed by atoms with Crippen molar-refractivity contribution in [2.45, 2.75) is 96.5 Å². The van der Waals surface area contributed by atoms with E-state index in [1.165, 1.54) is 63.4 Å². The van der Waals surface area contributed by atoms with Gasteiger partial charge in [0.25, 0.3) is 0 Å². The summed E-state index contributed by atoms with van der Waals surface area (Å²) in [6.45, 7) is 2.91. The lowest BCUT2D eigenvalue weighted by Gasteiger charge is -2.42. The minimum atomic E-state index is -0.107. The number of hydrogen-bond donors (Lipinski definition) is 2. The zero-order valence-electron chi connectivity index (χ0n) is 16.2. The van der Waals surface area contributed by atoms with Crippen molar-refractivity contribution in [1.29, 1.82) is 0 Å². The molecule has 0 spiro atoms. The van der Waals surface area contributed by atoms with Gasteiger partial charge >= 0.3 is 0 Å². The molecule has 3 rings (SSSR count). The van der Waals surface area contributed by atoms with Gasteiger partial charge in [-0.25, -0.2) is 0 Å². The first kappa shape index (κ1) is 19.2. The summed E-state index contributed by atoms with van der Waals surface area (Å²) < 4.78 is 0. The molecule has 3 fully saturated rings. The van der Waals surface area contributed by atoms with Crippen molar-refractivity contribution in [2.75, 3.05) is 6.61 Å². The summed E-state index contributed by atoms with van der Waals surface area (Å²) in [7, 11) is 0. The maximum atomic E-state index is 9.89. The number of aliphatic hydroxyl groups is 2. The normalized spacial score (nSPS) is 39.1. The number of hydrogen-bond acceptors (Lipinski definition) is 2. The van der Waals surface area contributed by atoms with Crippen molar-refractivity contribution < 1.29 is 10.2 Å². The van der Waals surface area contributed by atoms with Crippen LogP contribution < -0.4 is 0 Å². The van der Waals surface area contributed by atoms with Crippen LogP contribution in [0.1, 0.15) is 90.4 Å². The molecule has 3 aliphatic carbocycles. The first-order valence-corrected chi connectivity index (χ1v) is 10.8. The van der Waals surface area contributed by atoms with Gasteiger partial charge < -0.3 is 10.2 Å². The molecular weight excluding hydrogens is 308 g/mol. The summed E-state index contributed by atoms with van der Waals surface area (Å²) >= 11 is 0. The minimum absolute atomic E-state index is 0.107. The van der Waals surface area contributed by atoms with Gasteiger partial charge in [-0.15, -0.1) is 0 Å². The Morgan fingerprint density at radius 3 is 2.72 bits per heavy atom. The molecular formula is C23H38O2. The van der Waals surface area contributed by atoms with E-state index in [9.17, 15) is 5.11 Å². The van der Waals surface area contributed by atoms with Crippen LogP contribution in [0.3, 0.4) is 0 Å². The van der Waals surface area contributed by atoms with E-state index in [0.717, 1.165) is 37.5 Å². The van der Waals surface area contributed by atoms with Crippen LogP contribution in [0, 0.1) is 17.3 Å². The number of allylic oxidation sites excluding steroid dienone is 3. The Balaban J connectivity index is 1.63. The molecule has 0 aromatic carbocycles. The zero-order chi connectivity index (χ0) is 17.7. The van der Waals surface area contributed by atoms with Crippen molar-refractivity contribution in [2.24, 2.45) is 17.3 Å². The molecule has 2 N–H and O–H groups in total. The first-order chi connectivity index (χ1) is 12.1. The molecule has 0 aromatic heterocycles. The first-order valence-electron chi connectivity index (χ1n) is 10.8. The van der Waals surface area contributed by atoms with Crippen LogP contribution in [0.4, 0.5) is 0 Å². The van der Waals surface area contributed by atoms with Crippen LogP contribution in [0.5, 0.6) is 0 Å². The van der Waals surface area contributed by atoms with Gasteiger partial charge in [-0.2, -0.15) is 0 Å². The Labute approximate surface area is 154 Å². The van der Waals surface area contributed by atoms with Gasteiger partial charge in [-0.3, -0.25) is 0 Å². The van der Waals surface area contributed by atoms with Crippen LogP contribution in [-0.2, 0) is 0 Å². The fraction of sp³-hybridized carbons (Fsp3) is 0.826. The summed E-state index contributed by atoms with van der Waals surface area (Å²) in [5.74, 6) is 1.67. The Hall–Kier alpha value is -0.600. The van der Waals surface area contributed by atoms with Crippen molar-refractivity contribution in [3.8, 4) is 0 Å². The Bertz CT molecular complexity index is 492. The Morgan fingerprint density at radius 1 is 1.04 bits per heavy atom. The van der Waals surface area contributed by atoms with Gasteiger partial charge in [0.15, 0.2) is 0 Å². The lowest BCUT2D eigenvalue weighted by atomic mass is 9.62. The molecule has 3 saturated carbocycles. The maximum absolute atomic E-state index is 9.89. The van der Waals surface area contributed by atoms with E-state index >= 15 is 0 Å². The van der Waals surface area contributed by atoms with Gasteiger partial charge in [-0.05, 0) is 87.9 Å². The molecule has 0 aliphatic heterocycles. The minimum Gasteiger partial charge on any atom is -0.396 e. The average molecular weight is 347 g/mol. The predicted octanol–water partition coefficient (Wildman–Crippen LogP) is 5.54.